The van der Waals surface area contributed by atoms with Crippen LogP contribution in [0.3, 0.4) is 0 Å². The molecule has 2 aromatic carbocycles. The van der Waals surface area contributed by atoms with Crippen molar-refractivity contribution in [3.05, 3.63) is 70.2 Å². The van der Waals surface area contributed by atoms with E-state index in [1.54, 1.807) is 30.5 Å². The van der Waals surface area contributed by atoms with Crippen LogP contribution in [0, 0.1) is 6.92 Å². The van der Waals surface area contributed by atoms with Crippen LogP contribution in [-0.2, 0) is 12.8 Å². The summed E-state index contributed by atoms with van der Waals surface area (Å²) in [6.45, 7) is 4.14. The molecule has 0 fully saturated rings. The maximum Gasteiger partial charge on any atom is 0.416 e. The van der Waals surface area contributed by atoms with E-state index in [0.717, 1.165) is 23.4 Å². The molecule has 5 nitrogen and oxygen atoms in total. The Morgan fingerprint density at radius 3 is 2.67 bits per heavy atom. The molecule has 1 aromatic heterocycles. The average molecular weight is 435 g/mol. The number of rotatable bonds is 8. The first-order valence-electron chi connectivity index (χ1n) is 9.12. The molecule has 0 atom stereocenters. The lowest BCUT2D eigenvalue weighted by atomic mass is 10.1. The number of nitrogens with zero attached hydrogens (tertiary/aromatic N) is 2. The van der Waals surface area contributed by atoms with Crippen LogP contribution >= 0.6 is 11.3 Å². The molecule has 0 unspecified atom stereocenters. The van der Waals surface area contributed by atoms with Gasteiger partial charge in [0.1, 0.15) is 6.61 Å². The minimum atomic E-state index is -4.39. The molecular weight excluding hydrogens is 415 g/mol. The van der Waals surface area contributed by atoms with E-state index in [1.165, 1.54) is 17.4 Å². The summed E-state index contributed by atoms with van der Waals surface area (Å²) in [6.07, 6.45) is -2.77. The third-order valence-electron chi connectivity index (χ3n) is 3.91. The van der Waals surface area contributed by atoms with Crippen molar-refractivity contribution in [2.75, 3.05) is 12.0 Å². The Morgan fingerprint density at radius 1 is 1.13 bits per heavy atom. The molecule has 158 valence electrons. The van der Waals surface area contributed by atoms with Gasteiger partial charge in [-0.15, -0.1) is 11.3 Å². The van der Waals surface area contributed by atoms with Crippen LogP contribution in [-0.4, -0.2) is 17.8 Å². The fourth-order valence-electron chi connectivity index (χ4n) is 2.56. The number of ether oxygens (including phenoxy) is 2. The number of aromatic nitrogens is 1. The first-order valence-corrected chi connectivity index (χ1v) is 10.00. The summed E-state index contributed by atoms with van der Waals surface area (Å²) in [4.78, 5) is 4.26. The zero-order chi connectivity index (χ0) is 21.6. The van der Waals surface area contributed by atoms with E-state index < -0.39 is 11.7 Å². The van der Waals surface area contributed by atoms with Gasteiger partial charge >= 0.3 is 6.18 Å². The van der Waals surface area contributed by atoms with Gasteiger partial charge in [-0.05, 0) is 55.3 Å². The van der Waals surface area contributed by atoms with Crippen LogP contribution in [0.5, 0.6) is 11.5 Å². The highest BCUT2D eigenvalue weighted by atomic mass is 32.1. The molecule has 0 saturated heterocycles. The second kappa shape index (κ2) is 9.62. The molecule has 3 aromatic rings. The summed E-state index contributed by atoms with van der Waals surface area (Å²) in [6, 6.07) is 10.3. The van der Waals surface area contributed by atoms with E-state index >= 15 is 0 Å². The maximum absolute atomic E-state index is 12.9. The Kier molecular flexibility index (Phi) is 6.94. The van der Waals surface area contributed by atoms with Gasteiger partial charge in [-0.3, -0.25) is 5.43 Å². The Hall–Kier alpha value is -3.07. The topological polar surface area (TPSA) is 55.7 Å². The first kappa shape index (κ1) is 21.6. The lowest BCUT2D eigenvalue weighted by Crippen LogP contribution is -2.06. The van der Waals surface area contributed by atoms with Gasteiger partial charge in [0.05, 0.1) is 24.1 Å². The van der Waals surface area contributed by atoms with Gasteiger partial charge in [0, 0.05) is 5.38 Å². The van der Waals surface area contributed by atoms with Gasteiger partial charge in [0.2, 0.25) is 5.13 Å². The van der Waals surface area contributed by atoms with Crippen LogP contribution in [0.4, 0.5) is 18.3 Å². The average Bonchev–Trinajstić information content (AvgIpc) is 3.12. The van der Waals surface area contributed by atoms with Crippen molar-refractivity contribution in [1.82, 2.24) is 4.98 Å². The molecule has 0 amide bonds. The molecule has 0 spiro atoms. The summed E-state index contributed by atoms with van der Waals surface area (Å²) in [5, 5.41) is 6.76. The minimum absolute atomic E-state index is 0.0115. The largest absolute Gasteiger partial charge is 0.490 e. The molecule has 30 heavy (non-hydrogen) atoms. The number of alkyl halides is 3. The molecule has 1 heterocycles. The maximum atomic E-state index is 12.9. The van der Waals surface area contributed by atoms with Crippen LogP contribution in [0.1, 0.15) is 29.3 Å². The third kappa shape index (κ3) is 5.96. The molecule has 0 radical (unpaired) electrons. The van der Waals surface area contributed by atoms with Gasteiger partial charge in [-0.25, -0.2) is 4.98 Å². The number of anilines is 1. The van der Waals surface area contributed by atoms with E-state index in [-0.39, 0.29) is 6.61 Å². The van der Waals surface area contributed by atoms with Crippen molar-refractivity contribution in [3.8, 4) is 11.5 Å². The predicted octanol–water partition coefficient (Wildman–Crippen LogP) is 5.89. The van der Waals surface area contributed by atoms with Gasteiger partial charge in [-0.2, -0.15) is 18.3 Å². The Labute approximate surface area is 176 Å². The number of thiazole rings is 1. The highest BCUT2D eigenvalue weighted by molar-refractivity contribution is 7.13. The van der Waals surface area contributed by atoms with Crippen molar-refractivity contribution in [2.24, 2.45) is 5.10 Å². The van der Waals surface area contributed by atoms with Gasteiger partial charge in [0.25, 0.3) is 0 Å². The fraction of sp³-hybridized carbons (Fsp3) is 0.238. The SMILES string of the molecule is CCOc1cc(C=NNc2nc(C)cs2)ccc1OCc1cccc(C(F)(F)F)c1. The van der Waals surface area contributed by atoms with Crippen molar-refractivity contribution >= 4 is 22.7 Å². The highest BCUT2D eigenvalue weighted by Crippen LogP contribution is 2.31. The highest BCUT2D eigenvalue weighted by Gasteiger charge is 2.30. The van der Waals surface area contributed by atoms with E-state index in [2.05, 4.69) is 15.5 Å². The number of halogens is 3. The van der Waals surface area contributed by atoms with E-state index in [0.29, 0.717) is 28.8 Å². The summed E-state index contributed by atoms with van der Waals surface area (Å²) in [7, 11) is 0. The number of nitrogens with one attached hydrogen (secondary N) is 1. The molecule has 3 rings (SSSR count). The summed E-state index contributed by atoms with van der Waals surface area (Å²) in [5.74, 6) is 0.924. The van der Waals surface area contributed by atoms with Crippen molar-refractivity contribution in [3.63, 3.8) is 0 Å². The van der Waals surface area contributed by atoms with Gasteiger partial charge in [0.15, 0.2) is 11.5 Å². The second-order valence-electron chi connectivity index (χ2n) is 6.29. The fourth-order valence-corrected chi connectivity index (χ4v) is 3.20. The quantitative estimate of drug-likeness (QED) is 0.354. The first-order chi connectivity index (χ1) is 14.3. The van der Waals surface area contributed by atoms with Crippen molar-refractivity contribution in [1.29, 1.82) is 0 Å². The number of hydrogen-bond acceptors (Lipinski definition) is 6. The Morgan fingerprint density at radius 2 is 1.97 bits per heavy atom. The Bertz CT molecular complexity index is 1020. The molecule has 0 saturated carbocycles. The van der Waals surface area contributed by atoms with E-state index in [4.69, 9.17) is 9.47 Å². The predicted molar refractivity (Wildman–Crippen MR) is 111 cm³/mol. The van der Waals surface area contributed by atoms with Crippen LogP contribution in [0.25, 0.3) is 0 Å². The number of benzene rings is 2. The lowest BCUT2D eigenvalue weighted by Gasteiger charge is -2.13. The van der Waals surface area contributed by atoms with E-state index in [9.17, 15) is 13.2 Å². The Balaban J connectivity index is 1.69. The zero-order valence-corrected chi connectivity index (χ0v) is 17.2. The lowest BCUT2D eigenvalue weighted by molar-refractivity contribution is -0.137. The van der Waals surface area contributed by atoms with Crippen molar-refractivity contribution < 1.29 is 22.6 Å². The molecule has 1 N–H and O–H groups in total. The van der Waals surface area contributed by atoms with Crippen LogP contribution in [0.15, 0.2) is 52.9 Å². The zero-order valence-electron chi connectivity index (χ0n) is 16.4. The number of hydrazone groups is 1. The molecular formula is C21H20F3N3O2S. The van der Waals surface area contributed by atoms with Gasteiger partial charge < -0.3 is 9.47 Å². The molecule has 0 bridgehead atoms. The standard InChI is InChI=1S/C21H20F3N3O2S/c1-3-28-19-10-15(11-25-27-20-26-14(2)13-30-20)7-8-18(19)29-12-16-5-4-6-17(9-16)21(22,23)24/h4-11,13H,3,12H2,1-2H3,(H,26,27). The normalized spacial score (nSPS) is 11.6. The monoisotopic (exact) mass is 435 g/mol. The molecule has 0 aliphatic rings. The van der Waals surface area contributed by atoms with Crippen LogP contribution in [0.2, 0.25) is 0 Å². The number of hydrogen-bond donors (Lipinski definition) is 1. The van der Waals surface area contributed by atoms with Crippen molar-refractivity contribution in [2.45, 2.75) is 26.6 Å². The molecule has 0 aliphatic heterocycles. The number of aryl methyl sites for hydroxylation is 1. The third-order valence-corrected chi connectivity index (χ3v) is 4.77. The van der Waals surface area contributed by atoms with Gasteiger partial charge in [-0.1, -0.05) is 12.1 Å². The summed E-state index contributed by atoms with van der Waals surface area (Å²) in [5.41, 5.74) is 4.25. The second-order valence-corrected chi connectivity index (χ2v) is 7.15. The summed E-state index contributed by atoms with van der Waals surface area (Å²) >= 11 is 1.45. The molecule has 0 aliphatic carbocycles. The van der Waals surface area contributed by atoms with Crippen LogP contribution < -0.4 is 14.9 Å². The van der Waals surface area contributed by atoms with E-state index in [1.807, 2.05) is 19.2 Å². The minimum Gasteiger partial charge on any atom is -0.490 e. The smallest absolute Gasteiger partial charge is 0.416 e. The summed E-state index contributed by atoms with van der Waals surface area (Å²) < 4.78 is 49.9. The molecule has 9 heteroatoms.